The number of ether oxygens (including phenoxy) is 2. The number of oxime groups is 1. The molecule has 1 aromatic carbocycles. The molecule has 0 saturated carbocycles. The molecule has 29 heavy (non-hydrogen) atoms. The van der Waals surface area contributed by atoms with Crippen molar-refractivity contribution >= 4 is 23.8 Å². The van der Waals surface area contributed by atoms with Crippen LogP contribution in [0.2, 0.25) is 0 Å². The van der Waals surface area contributed by atoms with Gasteiger partial charge >= 0.3 is 12.1 Å². The molecule has 2 rings (SSSR count). The van der Waals surface area contributed by atoms with Gasteiger partial charge in [0.25, 0.3) is 5.91 Å². The van der Waals surface area contributed by atoms with E-state index in [2.05, 4.69) is 5.16 Å². The van der Waals surface area contributed by atoms with Crippen LogP contribution >= 0.6 is 0 Å². The van der Waals surface area contributed by atoms with Gasteiger partial charge in [-0.1, -0.05) is 5.16 Å². The van der Waals surface area contributed by atoms with Gasteiger partial charge < -0.3 is 25.8 Å². The van der Waals surface area contributed by atoms with Crippen molar-refractivity contribution in [2.45, 2.75) is 45.3 Å². The van der Waals surface area contributed by atoms with Gasteiger partial charge in [-0.25, -0.2) is 9.59 Å². The Kier molecular flexibility index (Phi) is 7.03. The van der Waals surface area contributed by atoms with E-state index in [0.29, 0.717) is 30.7 Å². The molecule has 1 atom stereocenters. The average molecular weight is 406 g/mol. The first-order valence-electron chi connectivity index (χ1n) is 9.12. The summed E-state index contributed by atoms with van der Waals surface area (Å²) in [6.07, 6.45) is 0.546. The molecule has 4 N–H and O–H groups in total. The SMILES string of the molecule is CC(C)(C)OC(=O)N1CCC[C@H]1C(=O)O/N=C(\N)c1ccc(OCC(N)=O)cc1. The van der Waals surface area contributed by atoms with Crippen LogP contribution in [0.4, 0.5) is 4.79 Å². The first kappa shape index (κ1) is 22.0. The lowest BCUT2D eigenvalue weighted by atomic mass is 10.2. The van der Waals surface area contributed by atoms with Gasteiger partial charge in [-0.15, -0.1) is 0 Å². The zero-order valence-corrected chi connectivity index (χ0v) is 16.7. The number of amidine groups is 1. The van der Waals surface area contributed by atoms with E-state index in [1.54, 1.807) is 45.0 Å². The van der Waals surface area contributed by atoms with Crippen LogP contribution < -0.4 is 16.2 Å². The van der Waals surface area contributed by atoms with Crippen molar-refractivity contribution in [2.75, 3.05) is 13.2 Å². The Morgan fingerprint density at radius 2 is 1.83 bits per heavy atom. The van der Waals surface area contributed by atoms with Crippen molar-refractivity contribution in [1.82, 2.24) is 4.90 Å². The number of benzene rings is 1. The second kappa shape index (κ2) is 9.26. The largest absolute Gasteiger partial charge is 0.484 e. The Labute approximate surface area is 168 Å². The van der Waals surface area contributed by atoms with Crippen LogP contribution in [0.5, 0.6) is 5.75 Å². The van der Waals surface area contributed by atoms with Gasteiger partial charge in [-0.3, -0.25) is 9.69 Å². The Hall–Kier alpha value is -3.30. The predicted molar refractivity (Wildman–Crippen MR) is 104 cm³/mol. The summed E-state index contributed by atoms with van der Waals surface area (Å²) >= 11 is 0. The fourth-order valence-electron chi connectivity index (χ4n) is 2.63. The van der Waals surface area contributed by atoms with Crippen LogP contribution in [-0.4, -0.2) is 53.5 Å². The number of carbonyl (C=O) groups excluding carboxylic acids is 3. The third-order valence-corrected chi connectivity index (χ3v) is 3.92. The summed E-state index contributed by atoms with van der Waals surface area (Å²) in [4.78, 5) is 41.6. The van der Waals surface area contributed by atoms with Gasteiger partial charge in [-0.05, 0) is 57.9 Å². The summed E-state index contributed by atoms with van der Waals surface area (Å²) in [5.41, 5.74) is 10.7. The van der Waals surface area contributed by atoms with E-state index in [0.717, 1.165) is 0 Å². The van der Waals surface area contributed by atoms with E-state index in [4.69, 9.17) is 25.8 Å². The van der Waals surface area contributed by atoms with Crippen LogP contribution in [0.3, 0.4) is 0 Å². The Morgan fingerprint density at radius 3 is 2.41 bits per heavy atom. The summed E-state index contributed by atoms with van der Waals surface area (Å²) in [6, 6.07) is 5.55. The van der Waals surface area contributed by atoms with E-state index < -0.39 is 29.6 Å². The third kappa shape index (κ3) is 6.66. The second-order valence-corrected chi connectivity index (χ2v) is 7.50. The van der Waals surface area contributed by atoms with E-state index in [9.17, 15) is 14.4 Å². The fraction of sp³-hybridized carbons (Fsp3) is 0.474. The number of nitrogens with two attached hydrogens (primary N) is 2. The lowest BCUT2D eigenvalue weighted by molar-refractivity contribution is -0.148. The van der Waals surface area contributed by atoms with Gasteiger partial charge in [0, 0.05) is 12.1 Å². The summed E-state index contributed by atoms with van der Waals surface area (Å²) in [5, 5.41) is 3.66. The number of amides is 2. The summed E-state index contributed by atoms with van der Waals surface area (Å²) in [5.74, 6) is -0.870. The van der Waals surface area contributed by atoms with E-state index in [1.165, 1.54) is 4.90 Å². The Balaban J connectivity index is 1.96. The Bertz CT molecular complexity index is 785. The highest BCUT2D eigenvalue weighted by molar-refractivity contribution is 5.97. The highest BCUT2D eigenvalue weighted by Crippen LogP contribution is 2.22. The van der Waals surface area contributed by atoms with E-state index >= 15 is 0 Å². The molecule has 0 radical (unpaired) electrons. The number of carbonyl (C=O) groups is 3. The minimum atomic E-state index is -0.772. The molecule has 10 heteroatoms. The van der Waals surface area contributed by atoms with Crippen LogP contribution in [0, 0.1) is 0 Å². The van der Waals surface area contributed by atoms with Crippen LogP contribution in [0.15, 0.2) is 29.4 Å². The fourth-order valence-corrected chi connectivity index (χ4v) is 2.63. The molecule has 0 aliphatic carbocycles. The zero-order chi connectivity index (χ0) is 21.6. The van der Waals surface area contributed by atoms with Crippen LogP contribution in [0.1, 0.15) is 39.2 Å². The predicted octanol–water partition coefficient (Wildman–Crippen LogP) is 1.11. The standard InChI is InChI=1S/C19H26N4O6/c1-19(2,3)28-18(26)23-10-4-5-14(23)17(25)29-22-16(21)12-6-8-13(9-7-12)27-11-15(20)24/h6-9,14H,4-5,10-11H2,1-3H3,(H2,20,24)(H2,21,22)/t14-/m0/s1. The molecule has 158 valence electrons. The normalized spacial score (nSPS) is 17.0. The van der Waals surface area contributed by atoms with Crippen molar-refractivity contribution < 1.29 is 28.7 Å². The molecule has 1 aliphatic rings. The molecular formula is C19H26N4O6. The maximum Gasteiger partial charge on any atom is 0.411 e. The van der Waals surface area contributed by atoms with Gasteiger partial charge in [-0.2, -0.15) is 0 Å². The maximum atomic E-state index is 12.4. The molecule has 10 nitrogen and oxygen atoms in total. The number of rotatable bonds is 6. The topological polar surface area (TPSA) is 147 Å². The molecule has 1 heterocycles. The third-order valence-electron chi connectivity index (χ3n) is 3.92. The monoisotopic (exact) mass is 406 g/mol. The lowest BCUT2D eigenvalue weighted by Crippen LogP contribution is -2.43. The molecule has 0 aromatic heterocycles. The number of likely N-dealkylation sites (tertiary alicyclic amines) is 1. The van der Waals surface area contributed by atoms with Gasteiger partial charge in [0.1, 0.15) is 17.4 Å². The van der Waals surface area contributed by atoms with Gasteiger partial charge in [0.15, 0.2) is 12.4 Å². The molecule has 0 spiro atoms. The Morgan fingerprint density at radius 1 is 1.17 bits per heavy atom. The number of hydrogen-bond acceptors (Lipinski definition) is 7. The molecule has 1 aromatic rings. The summed E-state index contributed by atoms with van der Waals surface area (Å²) in [6.45, 7) is 5.42. The minimum Gasteiger partial charge on any atom is -0.484 e. The first-order chi connectivity index (χ1) is 13.6. The maximum absolute atomic E-state index is 12.4. The summed E-state index contributed by atoms with van der Waals surface area (Å²) < 4.78 is 10.5. The number of primary amides is 1. The van der Waals surface area contributed by atoms with Crippen LogP contribution in [-0.2, 0) is 19.2 Å². The molecule has 1 fully saturated rings. The quantitative estimate of drug-likeness (QED) is 0.311. The number of nitrogens with zero attached hydrogens (tertiary/aromatic N) is 2. The van der Waals surface area contributed by atoms with Crippen molar-refractivity contribution in [3.63, 3.8) is 0 Å². The average Bonchev–Trinajstić information content (AvgIpc) is 3.13. The molecule has 2 amide bonds. The molecule has 1 saturated heterocycles. The van der Waals surface area contributed by atoms with E-state index in [-0.39, 0.29) is 12.4 Å². The first-order valence-corrected chi connectivity index (χ1v) is 9.12. The van der Waals surface area contributed by atoms with E-state index in [1.807, 2.05) is 0 Å². The van der Waals surface area contributed by atoms with Crippen molar-refractivity contribution in [1.29, 1.82) is 0 Å². The minimum absolute atomic E-state index is 0.0263. The molecule has 0 unspecified atom stereocenters. The number of hydrogen-bond donors (Lipinski definition) is 2. The highest BCUT2D eigenvalue weighted by atomic mass is 16.7. The second-order valence-electron chi connectivity index (χ2n) is 7.50. The molecular weight excluding hydrogens is 380 g/mol. The summed E-state index contributed by atoms with van der Waals surface area (Å²) in [7, 11) is 0. The highest BCUT2D eigenvalue weighted by Gasteiger charge is 2.38. The lowest BCUT2D eigenvalue weighted by Gasteiger charge is -2.27. The molecule has 0 bridgehead atoms. The van der Waals surface area contributed by atoms with Gasteiger partial charge in [0.05, 0.1) is 0 Å². The zero-order valence-electron chi connectivity index (χ0n) is 16.7. The van der Waals surface area contributed by atoms with Crippen molar-refractivity contribution in [2.24, 2.45) is 16.6 Å². The van der Waals surface area contributed by atoms with Crippen molar-refractivity contribution in [3.05, 3.63) is 29.8 Å². The smallest absolute Gasteiger partial charge is 0.411 e. The molecule has 1 aliphatic heterocycles. The van der Waals surface area contributed by atoms with Crippen LogP contribution in [0.25, 0.3) is 0 Å². The van der Waals surface area contributed by atoms with Gasteiger partial charge in [0.2, 0.25) is 0 Å². The van der Waals surface area contributed by atoms with Crippen molar-refractivity contribution in [3.8, 4) is 5.75 Å².